The summed E-state index contributed by atoms with van der Waals surface area (Å²) in [5, 5.41) is 33.6. The molecule has 0 bridgehead atoms. The van der Waals surface area contributed by atoms with Crippen molar-refractivity contribution in [2.24, 2.45) is 0 Å². The fourth-order valence-electron chi connectivity index (χ4n) is 7.59. The van der Waals surface area contributed by atoms with Gasteiger partial charge in [0.15, 0.2) is 0 Å². The summed E-state index contributed by atoms with van der Waals surface area (Å²) in [7, 11) is 0. The van der Waals surface area contributed by atoms with Gasteiger partial charge >= 0.3 is 0 Å². The van der Waals surface area contributed by atoms with Crippen molar-refractivity contribution in [3.05, 3.63) is 36.5 Å². The number of hydrogen-bond acceptors (Lipinski definition) is 4. The molecule has 4 N–H and O–H groups in total. The quantitative estimate of drug-likeness (QED) is 0.0365. The second kappa shape index (κ2) is 46.3. The molecule has 0 aromatic rings. The van der Waals surface area contributed by atoms with E-state index in [9.17, 15) is 20.1 Å². The number of carbonyl (C=O) groups is 1. The zero-order chi connectivity index (χ0) is 40.8. The zero-order valence-corrected chi connectivity index (χ0v) is 37.5. The number of nitrogens with one attached hydrogen (secondary N) is 1. The van der Waals surface area contributed by atoms with Crippen LogP contribution in [0.3, 0.4) is 0 Å². The molecule has 5 nitrogen and oxygen atoms in total. The molecule has 3 atom stereocenters. The number of carbonyl (C=O) groups excluding carboxylic acids is 1. The number of hydrogen-bond donors (Lipinski definition) is 4. The molecule has 0 aliphatic heterocycles. The van der Waals surface area contributed by atoms with E-state index in [0.29, 0.717) is 12.8 Å². The molecule has 0 radical (unpaired) electrons. The number of rotatable bonds is 45. The molecule has 0 spiro atoms. The molecule has 3 unspecified atom stereocenters. The van der Waals surface area contributed by atoms with Gasteiger partial charge in [0.05, 0.1) is 18.8 Å². The fourth-order valence-corrected chi connectivity index (χ4v) is 7.59. The Morgan fingerprint density at radius 2 is 0.732 bits per heavy atom. The molecule has 0 aromatic carbocycles. The minimum Gasteiger partial charge on any atom is -0.394 e. The topological polar surface area (TPSA) is 89.8 Å². The summed E-state index contributed by atoms with van der Waals surface area (Å²) in [6.07, 6.45) is 58.4. The van der Waals surface area contributed by atoms with Crippen molar-refractivity contribution in [2.45, 2.75) is 276 Å². The van der Waals surface area contributed by atoms with Crippen LogP contribution in [0, 0.1) is 0 Å². The number of unbranched alkanes of at least 4 members (excludes halogenated alkanes) is 31. The van der Waals surface area contributed by atoms with Gasteiger partial charge in [-0.1, -0.05) is 211 Å². The molecule has 0 aromatic heterocycles. The van der Waals surface area contributed by atoms with E-state index in [2.05, 4.69) is 55.6 Å². The van der Waals surface area contributed by atoms with Gasteiger partial charge in [0.2, 0.25) is 5.91 Å². The Morgan fingerprint density at radius 3 is 1.09 bits per heavy atom. The molecular formula is C51H97NO4. The van der Waals surface area contributed by atoms with Crippen LogP contribution < -0.4 is 5.32 Å². The third kappa shape index (κ3) is 40.8. The number of aliphatic hydroxyl groups excluding tert-OH is 3. The van der Waals surface area contributed by atoms with E-state index < -0.39 is 18.2 Å². The molecule has 330 valence electrons. The average molecular weight is 788 g/mol. The lowest BCUT2D eigenvalue weighted by Gasteiger charge is -2.26. The predicted molar refractivity (Wildman–Crippen MR) is 245 cm³/mol. The van der Waals surface area contributed by atoms with Gasteiger partial charge in [-0.25, -0.2) is 0 Å². The molecule has 0 rings (SSSR count). The lowest BCUT2D eigenvalue weighted by atomic mass is 10.0. The van der Waals surface area contributed by atoms with Crippen LogP contribution in [-0.4, -0.2) is 46.1 Å². The summed E-state index contributed by atoms with van der Waals surface area (Å²) in [4.78, 5) is 12.4. The van der Waals surface area contributed by atoms with Crippen LogP contribution in [0.5, 0.6) is 0 Å². The van der Waals surface area contributed by atoms with Gasteiger partial charge in [0.25, 0.3) is 0 Å². The summed E-state index contributed by atoms with van der Waals surface area (Å²) in [6.45, 7) is 4.18. The Labute approximate surface area is 349 Å². The molecule has 0 saturated heterocycles. The third-order valence-corrected chi connectivity index (χ3v) is 11.4. The molecule has 1 amide bonds. The van der Waals surface area contributed by atoms with E-state index in [1.807, 2.05) is 0 Å². The highest BCUT2D eigenvalue weighted by Crippen LogP contribution is 2.16. The summed E-state index contributed by atoms with van der Waals surface area (Å²) in [5.74, 6) is -0.165. The summed E-state index contributed by atoms with van der Waals surface area (Å²) >= 11 is 0. The molecule has 0 heterocycles. The summed E-state index contributed by atoms with van der Waals surface area (Å²) < 4.78 is 0. The molecule has 5 heteroatoms. The highest BCUT2D eigenvalue weighted by atomic mass is 16.3. The van der Waals surface area contributed by atoms with Gasteiger partial charge in [0.1, 0.15) is 6.10 Å². The van der Waals surface area contributed by atoms with E-state index in [-0.39, 0.29) is 12.5 Å². The van der Waals surface area contributed by atoms with E-state index in [1.165, 1.54) is 180 Å². The summed E-state index contributed by atoms with van der Waals surface area (Å²) in [5.41, 5.74) is 0. The number of allylic oxidation sites excluding steroid dienone is 6. The Kier molecular flexibility index (Phi) is 45.1. The number of amides is 1. The normalized spacial score (nSPS) is 13.7. The maximum atomic E-state index is 12.4. The highest BCUT2D eigenvalue weighted by molar-refractivity contribution is 5.76. The minimum absolute atomic E-state index is 0.165. The van der Waals surface area contributed by atoms with Gasteiger partial charge in [-0.05, 0) is 77.0 Å². The van der Waals surface area contributed by atoms with Gasteiger partial charge in [0, 0.05) is 6.42 Å². The van der Waals surface area contributed by atoms with Gasteiger partial charge in [-0.2, -0.15) is 0 Å². The van der Waals surface area contributed by atoms with E-state index in [4.69, 9.17) is 0 Å². The monoisotopic (exact) mass is 788 g/mol. The Bertz CT molecular complexity index is 870. The van der Waals surface area contributed by atoms with Crippen molar-refractivity contribution >= 4 is 5.91 Å². The SMILES string of the molecule is CCCCCCCCCCC/C=C\CCCCCCCC(=O)NC(CO)C(O)C(O)CCC/C=C/CC/C=C/CCCCCCCCCCCCCCCCC. The van der Waals surface area contributed by atoms with Crippen LogP contribution in [0.25, 0.3) is 0 Å². The first kappa shape index (κ1) is 54.6. The maximum Gasteiger partial charge on any atom is 0.220 e. The van der Waals surface area contributed by atoms with E-state index >= 15 is 0 Å². The minimum atomic E-state index is -1.17. The average Bonchev–Trinajstić information content (AvgIpc) is 3.20. The van der Waals surface area contributed by atoms with Crippen LogP contribution in [0.15, 0.2) is 36.5 Å². The Balaban J connectivity index is 3.66. The van der Waals surface area contributed by atoms with Crippen molar-refractivity contribution in [1.82, 2.24) is 5.32 Å². The maximum absolute atomic E-state index is 12.4. The van der Waals surface area contributed by atoms with Crippen molar-refractivity contribution in [2.75, 3.05) is 6.61 Å². The molecule has 56 heavy (non-hydrogen) atoms. The van der Waals surface area contributed by atoms with Gasteiger partial charge < -0.3 is 20.6 Å². The molecule has 0 saturated carbocycles. The lowest BCUT2D eigenvalue weighted by Crippen LogP contribution is -2.50. The van der Waals surface area contributed by atoms with Crippen LogP contribution in [0.4, 0.5) is 0 Å². The standard InChI is InChI=1S/C51H97NO4/c1-3-5-7-9-11-13-15-17-19-21-23-24-25-26-27-28-29-31-33-35-37-39-41-43-45-49(54)51(56)48(47-53)52-50(55)46-44-42-40-38-36-34-32-30-22-20-18-16-14-12-10-8-6-4-2/h29-32,37,39,48-49,51,53-54,56H,3-28,33-36,38,40-47H2,1-2H3,(H,52,55)/b31-29+,32-30-,39-37+. The van der Waals surface area contributed by atoms with Crippen molar-refractivity contribution < 1.29 is 20.1 Å². The smallest absolute Gasteiger partial charge is 0.220 e. The van der Waals surface area contributed by atoms with Crippen molar-refractivity contribution in [3.63, 3.8) is 0 Å². The molecule has 0 fully saturated rings. The van der Waals surface area contributed by atoms with E-state index in [1.54, 1.807) is 0 Å². The fraction of sp³-hybridized carbons (Fsp3) is 0.863. The lowest BCUT2D eigenvalue weighted by molar-refractivity contribution is -0.124. The summed E-state index contributed by atoms with van der Waals surface area (Å²) in [6, 6.07) is -0.837. The first-order chi connectivity index (χ1) is 27.6. The third-order valence-electron chi connectivity index (χ3n) is 11.4. The van der Waals surface area contributed by atoms with Crippen LogP contribution in [-0.2, 0) is 4.79 Å². The first-order valence-electron chi connectivity index (χ1n) is 24.8. The largest absolute Gasteiger partial charge is 0.394 e. The Morgan fingerprint density at radius 1 is 0.429 bits per heavy atom. The molecule has 0 aliphatic carbocycles. The van der Waals surface area contributed by atoms with Crippen molar-refractivity contribution in [1.29, 1.82) is 0 Å². The van der Waals surface area contributed by atoms with Crippen LogP contribution in [0.1, 0.15) is 258 Å². The first-order valence-corrected chi connectivity index (χ1v) is 24.8. The van der Waals surface area contributed by atoms with Crippen LogP contribution in [0.2, 0.25) is 0 Å². The molecular weight excluding hydrogens is 691 g/mol. The van der Waals surface area contributed by atoms with Crippen LogP contribution >= 0.6 is 0 Å². The number of aliphatic hydroxyl groups is 3. The predicted octanol–water partition coefficient (Wildman–Crippen LogP) is 14.7. The second-order valence-electron chi connectivity index (χ2n) is 17.0. The Hall–Kier alpha value is -1.43. The zero-order valence-electron chi connectivity index (χ0n) is 37.5. The van der Waals surface area contributed by atoms with Gasteiger partial charge in [-0.15, -0.1) is 0 Å². The second-order valence-corrected chi connectivity index (χ2v) is 17.0. The highest BCUT2D eigenvalue weighted by Gasteiger charge is 2.26. The van der Waals surface area contributed by atoms with E-state index in [0.717, 1.165) is 51.4 Å². The van der Waals surface area contributed by atoms with Crippen molar-refractivity contribution in [3.8, 4) is 0 Å². The van der Waals surface area contributed by atoms with Gasteiger partial charge in [-0.3, -0.25) is 4.79 Å². The molecule has 0 aliphatic rings.